The van der Waals surface area contributed by atoms with Gasteiger partial charge in [0.15, 0.2) is 0 Å². The van der Waals surface area contributed by atoms with Crippen LogP contribution in [-0.2, 0) is 23.9 Å². The number of nitrogens with two attached hydrogens (primary N) is 2. The highest BCUT2D eigenvalue weighted by atomic mass is 19.4. The average molecular weight is 686 g/mol. The van der Waals surface area contributed by atoms with Crippen molar-refractivity contribution in [3.63, 3.8) is 0 Å². The van der Waals surface area contributed by atoms with Gasteiger partial charge in [-0.25, -0.2) is 9.59 Å². The predicted octanol–water partition coefficient (Wildman–Crippen LogP) is 0.134. The van der Waals surface area contributed by atoms with Gasteiger partial charge < -0.3 is 51.5 Å². The maximum Gasteiger partial charge on any atom is 0.451 e. The fraction of sp³-hybridized carbons (Fsp3) is 0.852. The highest BCUT2D eigenvalue weighted by Crippen LogP contribution is 2.43. The summed E-state index contributed by atoms with van der Waals surface area (Å²) in [5, 5.41) is 47.2. The Morgan fingerprint density at radius 1 is 0.894 bits per heavy atom. The zero-order valence-corrected chi connectivity index (χ0v) is 27.9. The smallest absolute Gasteiger partial charge is 0.451 e. The van der Waals surface area contributed by atoms with E-state index in [4.69, 9.17) is 50.9 Å². The molecular weight excluding hydrogens is 635 g/mol. The lowest BCUT2D eigenvalue weighted by Gasteiger charge is -2.55. The van der Waals surface area contributed by atoms with Crippen molar-refractivity contribution in [3.8, 4) is 0 Å². The van der Waals surface area contributed by atoms with E-state index >= 15 is 0 Å². The number of hydrogen-bond donors (Lipinski definition) is 8. The third-order valence-electron chi connectivity index (χ3n) is 7.37. The molecule has 0 aliphatic carbocycles. The Morgan fingerprint density at radius 2 is 1.32 bits per heavy atom. The summed E-state index contributed by atoms with van der Waals surface area (Å²) in [5.74, 6) is -1.42. The van der Waals surface area contributed by atoms with Crippen LogP contribution in [0.1, 0.15) is 67.2 Å². The molecule has 0 spiro atoms. The summed E-state index contributed by atoms with van der Waals surface area (Å²) in [6.07, 6.45) is -3.73. The number of nitrogens with one attached hydrogen (secondary N) is 1. The average Bonchev–Trinajstić information content (AvgIpc) is 2.85. The number of ether oxygens (including phenoxy) is 2. The molecule has 0 aromatic rings. The normalized spacial score (nSPS) is 23.8. The highest BCUT2D eigenvalue weighted by molar-refractivity contribution is 6.41. The number of aldehydes is 1. The lowest BCUT2D eigenvalue weighted by Crippen LogP contribution is -2.72. The molecule has 0 aromatic carbocycles. The zero-order valence-electron chi connectivity index (χ0n) is 27.9. The molecule has 0 saturated carbocycles. The molecular formula is C27H51B2F3N4O11. The molecule has 4 atom stereocenters. The van der Waals surface area contributed by atoms with Crippen LogP contribution in [0.4, 0.5) is 18.0 Å². The molecule has 0 radical (unpaired) electrons. The van der Waals surface area contributed by atoms with Crippen LogP contribution in [0.25, 0.3) is 0 Å². The first-order chi connectivity index (χ1) is 21.3. The molecule has 1 amide bonds. The second-order valence-corrected chi connectivity index (χ2v) is 13.7. The molecule has 2 rings (SSSR count). The quantitative estimate of drug-likeness (QED) is 0.0772. The van der Waals surface area contributed by atoms with Gasteiger partial charge in [0.2, 0.25) is 6.29 Å². The van der Waals surface area contributed by atoms with Gasteiger partial charge in [-0.3, -0.25) is 14.5 Å². The third-order valence-corrected chi connectivity index (χ3v) is 7.37. The number of nitrogens with zero attached hydrogens (tertiary/aromatic N) is 1. The number of carbonyl (C=O) groups is 4. The minimum atomic E-state index is -4.64. The Kier molecular flexibility index (Phi) is 17.4. The van der Waals surface area contributed by atoms with E-state index in [1.165, 1.54) is 4.90 Å². The van der Waals surface area contributed by atoms with Crippen LogP contribution in [0.5, 0.6) is 0 Å². The number of carboxylic acids is 1. The lowest BCUT2D eigenvalue weighted by molar-refractivity contribution is -0.180. The number of carbonyl (C=O) groups excluding carboxylic acids is 3. The molecule has 10 N–H and O–H groups in total. The van der Waals surface area contributed by atoms with Crippen LogP contribution in [0, 0.1) is 10.8 Å². The number of hydrogen-bond acceptors (Lipinski definition) is 13. The topological polar surface area (TPSA) is 255 Å². The van der Waals surface area contributed by atoms with Gasteiger partial charge in [0, 0.05) is 37.0 Å². The number of aliphatic carboxylic acids is 1. The SMILES string of the molecule is CC(C)(C)OC(=O)[C@H]1N(C(=O)OC(C)(C)C)C[C@@]1(CN)CCCB(O)O.NC[C@@]1(CCCB(O)O)CN[C@@H]1C(=O)O.O=CC(F)(F)F. The van der Waals surface area contributed by atoms with Crippen LogP contribution in [0.2, 0.25) is 12.6 Å². The number of esters is 1. The molecule has 2 aliphatic rings. The van der Waals surface area contributed by atoms with E-state index < -0.39 is 78.8 Å². The third kappa shape index (κ3) is 15.5. The summed E-state index contributed by atoms with van der Waals surface area (Å²) < 4.78 is 42.1. The first-order valence-electron chi connectivity index (χ1n) is 15.1. The first kappa shape index (κ1) is 44.5. The van der Waals surface area contributed by atoms with Crippen LogP contribution < -0.4 is 16.8 Å². The van der Waals surface area contributed by atoms with Gasteiger partial charge in [-0.15, -0.1) is 0 Å². The van der Waals surface area contributed by atoms with Crippen molar-refractivity contribution < 1.29 is 67.0 Å². The van der Waals surface area contributed by atoms with Crippen LogP contribution in [0.15, 0.2) is 0 Å². The molecule has 2 aliphatic heterocycles. The Bertz CT molecular complexity index is 1030. The number of amides is 1. The maximum absolute atomic E-state index is 12.8. The van der Waals surface area contributed by atoms with Crippen molar-refractivity contribution in [3.05, 3.63) is 0 Å². The van der Waals surface area contributed by atoms with Crippen molar-refractivity contribution in [2.75, 3.05) is 26.2 Å². The van der Waals surface area contributed by atoms with Crippen LogP contribution in [0.3, 0.4) is 0 Å². The van der Waals surface area contributed by atoms with Gasteiger partial charge in [0.05, 0.1) is 0 Å². The van der Waals surface area contributed by atoms with E-state index in [-0.39, 0.29) is 25.7 Å². The summed E-state index contributed by atoms with van der Waals surface area (Å²) in [5.41, 5.74) is 9.08. The molecule has 15 nitrogen and oxygen atoms in total. The van der Waals surface area contributed by atoms with Gasteiger partial charge in [0.1, 0.15) is 23.3 Å². The molecule has 2 heterocycles. The van der Waals surface area contributed by atoms with E-state index in [0.29, 0.717) is 38.8 Å². The zero-order chi connectivity index (χ0) is 37.0. The van der Waals surface area contributed by atoms with Crippen molar-refractivity contribution in [1.82, 2.24) is 10.2 Å². The minimum Gasteiger partial charge on any atom is -0.480 e. The number of halogens is 3. The van der Waals surface area contributed by atoms with Gasteiger partial charge in [-0.05, 0) is 67.0 Å². The van der Waals surface area contributed by atoms with Crippen molar-refractivity contribution in [2.45, 2.75) is 109 Å². The van der Waals surface area contributed by atoms with Gasteiger partial charge in [-0.1, -0.05) is 12.8 Å². The largest absolute Gasteiger partial charge is 0.480 e. The minimum absolute atomic E-state index is 0.176. The van der Waals surface area contributed by atoms with Gasteiger partial charge in [-0.2, -0.15) is 13.2 Å². The summed E-state index contributed by atoms with van der Waals surface area (Å²) >= 11 is 0. The fourth-order valence-electron chi connectivity index (χ4n) is 5.09. The van der Waals surface area contributed by atoms with Gasteiger partial charge >= 0.3 is 38.4 Å². The van der Waals surface area contributed by atoms with Crippen LogP contribution in [-0.4, -0.2) is 124 Å². The first-order valence-corrected chi connectivity index (χ1v) is 15.1. The summed E-state index contributed by atoms with van der Waals surface area (Å²) in [7, 11) is -2.73. The molecule has 0 bridgehead atoms. The molecule has 0 unspecified atom stereocenters. The van der Waals surface area contributed by atoms with E-state index in [1.54, 1.807) is 41.5 Å². The Labute approximate surface area is 273 Å². The van der Waals surface area contributed by atoms with E-state index in [0.717, 1.165) is 0 Å². The predicted molar refractivity (Wildman–Crippen MR) is 166 cm³/mol. The molecule has 47 heavy (non-hydrogen) atoms. The Hall–Kier alpha value is -2.48. The van der Waals surface area contributed by atoms with Crippen molar-refractivity contribution in [1.29, 1.82) is 0 Å². The fourth-order valence-corrected chi connectivity index (χ4v) is 5.09. The molecule has 20 heteroatoms. The van der Waals surface area contributed by atoms with Crippen molar-refractivity contribution >= 4 is 38.6 Å². The van der Waals surface area contributed by atoms with Crippen LogP contribution >= 0.6 is 0 Å². The Morgan fingerprint density at radius 3 is 1.62 bits per heavy atom. The molecule has 272 valence electrons. The summed E-state index contributed by atoms with van der Waals surface area (Å²) in [4.78, 5) is 46.1. The number of alkyl halides is 3. The maximum atomic E-state index is 12.8. The second kappa shape index (κ2) is 18.3. The van der Waals surface area contributed by atoms with E-state index in [1.807, 2.05) is 0 Å². The standard InChI is InChI=1S/C17H33BN2O6.C8H17BN2O4.C2HF3O/c1-15(2,3)25-13(21)12-17(10-19,8-7-9-18(23)24)11-20(12)14(22)26-16(4,5)6;10-4-8(2-1-3-9(14)15)5-11-6(8)7(12)13;3-2(4,5)1-6/h12,23-24H,7-11,19H2,1-6H3;6,11,14-15H,1-5,10H2,(H,12,13);1H/t12-,17+;6-,8+;/m11./s1. The summed E-state index contributed by atoms with van der Waals surface area (Å²) in [6.45, 7) is 11.9. The van der Waals surface area contributed by atoms with E-state index in [9.17, 15) is 27.6 Å². The lowest BCUT2D eigenvalue weighted by atomic mass is 9.66. The number of carboxylic acid groups (broad SMARTS) is 1. The molecule has 2 fully saturated rings. The Balaban J connectivity index is 0.000000841. The monoisotopic (exact) mass is 686 g/mol. The molecule has 0 aromatic heterocycles. The summed E-state index contributed by atoms with van der Waals surface area (Å²) in [6, 6.07) is -1.45. The highest BCUT2D eigenvalue weighted by Gasteiger charge is 2.59. The second-order valence-electron chi connectivity index (χ2n) is 13.7. The van der Waals surface area contributed by atoms with Crippen molar-refractivity contribution in [2.24, 2.45) is 22.3 Å². The molecule has 2 saturated heterocycles. The van der Waals surface area contributed by atoms with Gasteiger partial charge in [0.25, 0.3) is 0 Å². The number of rotatable bonds is 12. The number of likely N-dealkylation sites (tertiary alicyclic amines) is 1. The van der Waals surface area contributed by atoms with E-state index in [2.05, 4.69) is 5.32 Å².